The second-order valence-corrected chi connectivity index (χ2v) is 9.42. The first kappa shape index (κ1) is 18.4. The molecule has 0 saturated heterocycles. The van der Waals surface area contributed by atoms with Gasteiger partial charge in [-0.3, -0.25) is 9.59 Å². The highest BCUT2D eigenvalue weighted by molar-refractivity contribution is 7.21. The van der Waals surface area contributed by atoms with Crippen LogP contribution >= 0.6 is 34.5 Å². The van der Waals surface area contributed by atoms with Gasteiger partial charge in [-0.05, 0) is 36.1 Å². The summed E-state index contributed by atoms with van der Waals surface area (Å²) >= 11 is 13.3. The highest BCUT2D eigenvalue weighted by Gasteiger charge is 2.33. The Bertz CT molecular complexity index is 1130. The standard InChI is InChI=1S/C20H16Cl2N2O2S/c1-20(2)7-14-11(15(25)8-20)6-12-16(23)18(27-19(12)24-14)17(26)10-4-3-9(21)5-13(10)22/h3-6H,7-8,23H2,1-2H3. The maximum Gasteiger partial charge on any atom is 0.206 e. The zero-order valence-corrected chi connectivity index (χ0v) is 17.1. The number of rotatable bonds is 2. The summed E-state index contributed by atoms with van der Waals surface area (Å²) in [7, 11) is 0. The first-order chi connectivity index (χ1) is 12.7. The monoisotopic (exact) mass is 418 g/mol. The first-order valence-corrected chi connectivity index (χ1v) is 9.98. The number of benzene rings is 1. The summed E-state index contributed by atoms with van der Waals surface area (Å²) in [6.07, 6.45) is 1.19. The second-order valence-electron chi connectivity index (χ2n) is 7.57. The first-order valence-electron chi connectivity index (χ1n) is 8.41. The van der Waals surface area contributed by atoms with Gasteiger partial charge in [0.1, 0.15) is 9.71 Å². The number of pyridine rings is 1. The number of hydrogen-bond acceptors (Lipinski definition) is 5. The van der Waals surface area contributed by atoms with Crippen molar-refractivity contribution in [3.8, 4) is 0 Å². The van der Waals surface area contributed by atoms with Crippen LogP contribution in [-0.2, 0) is 6.42 Å². The van der Waals surface area contributed by atoms with Crippen LogP contribution in [0.2, 0.25) is 10.0 Å². The van der Waals surface area contributed by atoms with Crippen LogP contribution in [0.4, 0.5) is 5.69 Å². The van der Waals surface area contributed by atoms with Gasteiger partial charge in [-0.15, -0.1) is 11.3 Å². The Kier molecular flexibility index (Phi) is 4.29. The fourth-order valence-corrected chi connectivity index (χ4v) is 5.01. The number of ketones is 2. The minimum absolute atomic E-state index is 0.0647. The molecule has 138 valence electrons. The van der Waals surface area contributed by atoms with E-state index < -0.39 is 0 Å². The maximum absolute atomic E-state index is 13.0. The van der Waals surface area contributed by atoms with Crippen molar-refractivity contribution in [2.24, 2.45) is 5.41 Å². The molecular weight excluding hydrogens is 403 g/mol. The number of anilines is 1. The van der Waals surface area contributed by atoms with Crippen LogP contribution in [0.3, 0.4) is 0 Å². The Morgan fingerprint density at radius 1 is 1.22 bits per heavy atom. The van der Waals surface area contributed by atoms with E-state index in [2.05, 4.69) is 18.8 Å². The smallest absolute Gasteiger partial charge is 0.206 e. The van der Waals surface area contributed by atoms with Gasteiger partial charge in [-0.2, -0.15) is 0 Å². The van der Waals surface area contributed by atoms with Crippen LogP contribution in [0.1, 0.15) is 51.6 Å². The third kappa shape index (κ3) is 3.14. The van der Waals surface area contributed by atoms with E-state index in [1.165, 1.54) is 17.4 Å². The summed E-state index contributed by atoms with van der Waals surface area (Å²) in [6, 6.07) is 6.50. The summed E-state index contributed by atoms with van der Waals surface area (Å²) in [5.74, 6) is -0.211. The lowest BCUT2D eigenvalue weighted by Gasteiger charge is -2.29. The Morgan fingerprint density at radius 2 is 1.96 bits per heavy atom. The van der Waals surface area contributed by atoms with Gasteiger partial charge in [0.15, 0.2) is 5.78 Å². The van der Waals surface area contributed by atoms with Crippen molar-refractivity contribution in [2.75, 3.05) is 5.73 Å². The normalized spacial score (nSPS) is 15.8. The van der Waals surface area contributed by atoms with E-state index in [0.717, 1.165) is 5.69 Å². The molecule has 3 aromatic rings. The van der Waals surface area contributed by atoms with Gasteiger partial charge in [-0.25, -0.2) is 4.98 Å². The lowest BCUT2D eigenvalue weighted by atomic mass is 9.75. The van der Waals surface area contributed by atoms with Crippen molar-refractivity contribution in [3.05, 3.63) is 56.0 Å². The number of carbonyl (C=O) groups is 2. The van der Waals surface area contributed by atoms with Crippen molar-refractivity contribution in [3.63, 3.8) is 0 Å². The van der Waals surface area contributed by atoms with Crippen LogP contribution in [0, 0.1) is 5.41 Å². The van der Waals surface area contributed by atoms with E-state index in [1.54, 1.807) is 18.2 Å². The minimum Gasteiger partial charge on any atom is -0.397 e. The van der Waals surface area contributed by atoms with Gasteiger partial charge in [0, 0.05) is 28.0 Å². The average molecular weight is 419 g/mol. The van der Waals surface area contributed by atoms with Gasteiger partial charge in [0.05, 0.1) is 16.4 Å². The van der Waals surface area contributed by atoms with Crippen LogP contribution in [0.15, 0.2) is 24.3 Å². The molecule has 0 atom stereocenters. The number of Topliss-reactive ketones (excluding diaryl/α,β-unsaturated/α-hetero) is 1. The zero-order valence-electron chi connectivity index (χ0n) is 14.7. The maximum atomic E-state index is 13.0. The molecule has 2 aromatic heterocycles. The molecule has 0 radical (unpaired) electrons. The van der Waals surface area contributed by atoms with E-state index >= 15 is 0 Å². The number of carbonyl (C=O) groups excluding carboxylic acids is 2. The number of aromatic nitrogens is 1. The van der Waals surface area contributed by atoms with Crippen LogP contribution in [-0.4, -0.2) is 16.6 Å². The summed E-state index contributed by atoms with van der Waals surface area (Å²) in [5.41, 5.74) is 8.18. The van der Waals surface area contributed by atoms with Crippen molar-refractivity contribution in [1.29, 1.82) is 0 Å². The third-order valence-electron chi connectivity index (χ3n) is 4.77. The molecule has 0 amide bonds. The largest absolute Gasteiger partial charge is 0.397 e. The summed E-state index contributed by atoms with van der Waals surface area (Å²) in [5, 5.41) is 1.37. The molecule has 27 heavy (non-hydrogen) atoms. The van der Waals surface area contributed by atoms with Gasteiger partial charge < -0.3 is 5.73 Å². The van der Waals surface area contributed by atoms with Gasteiger partial charge in [-0.1, -0.05) is 37.0 Å². The van der Waals surface area contributed by atoms with Crippen molar-refractivity contribution >= 4 is 62.0 Å². The lowest BCUT2D eigenvalue weighted by Crippen LogP contribution is -2.27. The minimum atomic E-state index is -0.276. The number of thiophene rings is 1. The predicted molar refractivity (Wildman–Crippen MR) is 110 cm³/mol. The second kappa shape index (κ2) is 6.30. The Morgan fingerprint density at radius 3 is 2.67 bits per heavy atom. The fourth-order valence-electron chi connectivity index (χ4n) is 3.46. The number of nitrogen functional groups attached to an aromatic ring is 1. The van der Waals surface area contributed by atoms with E-state index in [9.17, 15) is 9.59 Å². The van der Waals surface area contributed by atoms with Crippen molar-refractivity contribution in [1.82, 2.24) is 4.98 Å². The highest BCUT2D eigenvalue weighted by atomic mass is 35.5. The number of halogens is 2. The molecular formula is C20H16Cl2N2O2S. The van der Waals surface area contributed by atoms with Gasteiger partial charge >= 0.3 is 0 Å². The highest BCUT2D eigenvalue weighted by Crippen LogP contribution is 2.40. The molecule has 1 aliphatic rings. The Labute approximate surface area is 170 Å². The summed E-state index contributed by atoms with van der Waals surface area (Å²) in [4.78, 5) is 31.2. The molecule has 4 rings (SSSR count). The molecule has 4 nitrogen and oxygen atoms in total. The van der Waals surface area contributed by atoms with E-state index in [4.69, 9.17) is 28.9 Å². The molecule has 2 heterocycles. The number of fused-ring (bicyclic) bond motifs is 2. The summed E-state index contributed by atoms with van der Waals surface area (Å²) in [6.45, 7) is 4.11. The Hall–Kier alpha value is -1.95. The number of nitrogens with two attached hydrogens (primary N) is 1. The number of hydrogen-bond donors (Lipinski definition) is 1. The molecule has 0 fully saturated rings. The van der Waals surface area contributed by atoms with Crippen molar-refractivity contribution < 1.29 is 9.59 Å². The van der Waals surface area contributed by atoms with E-state index in [1.807, 2.05) is 0 Å². The molecule has 0 unspecified atom stereocenters. The summed E-state index contributed by atoms with van der Waals surface area (Å²) < 4.78 is 0. The van der Waals surface area contributed by atoms with E-state index in [-0.39, 0.29) is 22.0 Å². The molecule has 0 aliphatic heterocycles. The molecule has 2 N–H and O–H groups in total. The van der Waals surface area contributed by atoms with Crippen LogP contribution in [0.25, 0.3) is 10.2 Å². The van der Waals surface area contributed by atoms with E-state index in [0.29, 0.717) is 49.8 Å². The SMILES string of the molecule is CC1(C)CC(=O)c2cc3c(N)c(C(=O)c4ccc(Cl)cc4Cl)sc3nc2C1. The number of nitrogens with zero attached hydrogens (tertiary/aromatic N) is 1. The third-order valence-corrected chi connectivity index (χ3v) is 6.43. The quantitative estimate of drug-likeness (QED) is 0.551. The molecule has 0 saturated carbocycles. The average Bonchev–Trinajstić information content (AvgIpc) is 2.88. The molecule has 1 aliphatic carbocycles. The predicted octanol–water partition coefficient (Wildman–Crippen LogP) is 5.57. The lowest BCUT2D eigenvalue weighted by molar-refractivity contribution is 0.0910. The Balaban J connectivity index is 1.85. The molecule has 0 spiro atoms. The molecule has 1 aromatic carbocycles. The molecule has 0 bridgehead atoms. The molecule has 7 heteroatoms. The van der Waals surface area contributed by atoms with Crippen LogP contribution < -0.4 is 5.73 Å². The van der Waals surface area contributed by atoms with Crippen molar-refractivity contribution in [2.45, 2.75) is 26.7 Å². The van der Waals surface area contributed by atoms with Gasteiger partial charge in [0.2, 0.25) is 5.78 Å². The topological polar surface area (TPSA) is 73.1 Å². The fraction of sp³-hybridized carbons (Fsp3) is 0.250. The zero-order chi connectivity index (χ0) is 19.5. The van der Waals surface area contributed by atoms with Crippen LogP contribution in [0.5, 0.6) is 0 Å². The van der Waals surface area contributed by atoms with Gasteiger partial charge in [0.25, 0.3) is 0 Å².